The van der Waals surface area contributed by atoms with E-state index in [-0.39, 0.29) is 12.6 Å². The van der Waals surface area contributed by atoms with E-state index in [4.69, 9.17) is 5.11 Å². The molecule has 1 aromatic carbocycles. The van der Waals surface area contributed by atoms with Crippen LogP contribution in [0.25, 0.3) is 0 Å². The van der Waals surface area contributed by atoms with Gasteiger partial charge in [0.1, 0.15) is 0 Å². The second-order valence-corrected chi connectivity index (χ2v) is 3.99. The van der Waals surface area contributed by atoms with Crippen LogP contribution in [0.4, 0.5) is 0 Å². The zero-order valence-corrected chi connectivity index (χ0v) is 9.06. The Morgan fingerprint density at radius 1 is 1.47 bits per heavy atom. The van der Waals surface area contributed by atoms with Crippen LogP contribution in [0.2, 0.25) is 0 Å². The first-order valence-corrected chi connectivity index (χ1v) is 5.61. The first-order valence-electron chi connectivity index (χ1n) is 4.62. The second kappa shape index (κ2) is 7.37. The van der Waals surface area contributed by atoms with Gasteiger partial charge in [-0.15, -0.1) is 0 Å². The summed E-state index contributed by atoms with van der Waals surface area (Å²) >= 11 is 1.61. The van der Waals surface area contributed by atoms with E-state index >= 15 is 0 Å². The number of rotatable bonds is 6. The Balaban J connectivity index is 2.41. The van der Waals surface area contributed by atoms with Gasteiger partial charge in [-0.25, -0.2) is 0 Å². The quantitative estimate of drug-likeness (QED) is 0.446. The Morgan fingerprint density at radius 2 is 2.20 bits per heavy atom. The monoisotopic (exact) mass is 221 g/mol. The van der Waals surface area contributed by atoms with Crippen LogP contribution < -0.4 is 0 Å². The number of aliphatic hydroxyl groups is 1. The molecule has 1 aromatic rings. The van der Waals surface area contributed by atoms with Gasteiger partial charge in [0.15, 0.2) is 0 Å². The zero-order valence-electron chi connectivity index (χ0n) is 8.24. The number of hydrogen-bond acceptors (Lipinski definition) is 4. The van der Waals surface area contributed by atoms with E-state index in [0.717, 1.165) is 4.90 Å². The van der Waals surface area contributed by atoms with Crippen molar-refractivity contribution in [2.75, 3.05) is 12.4 Å². The first kappa shape index (κ1) is 12.1. The zero-order chi connectivity index (χ0) is 10.9. The summed E-state index contributed by atoms with van der Waals surface area (Å²) in [6, 6.07) is 9.68. The Labute approximate surface area is 93.9 Å². The fraction of sp³-hybridized carbons (Fsp3) is 0.300. The number of nitrogens with zero attached hydrogens (tertiary/aromatic N) is 1. The van der Waals surface area contributed by atoms with Gasteiger partial charge in [-0.05, 0) is 0 Å². The molecule has 0 bridgehead atoms. The molecule has 5 heteroatoms. The predicted octanol–water partition coefficient (Wildman–Crippen LogP) is 1.22. The SMILES string of the molecule is O=BC=N[C@H](CO)CSc1ccccc1. The molecule has 0 unspecified atom stereocenters. The predicted molar refractivity (Wildman–Crippen MR) is 63.0 cm³/mol. The molecule has 78 valence electrons. The minimum atomic E-state index is -0.208. The fourth-order valence-electron chi connectivity index (χ4n) is 1.01. The Bertz CT molecular complexity index is 318. The van der Waals surface area contributed by atoms with Gasteiger partial charge < -0.3 is 0 Å². The Kier molecular flexibility index (Phi) is 5.96. The molecule has 0 saturated carbocycles. The van der Waals surface area contributed by atoms with Crippen LogP contribution in [0, 0.1) is 0 Å². The summed E-state index contributed by atoms with van der Waals surface area (Å²) in [6.07, 6.45) is 1.19. The molecule has 0 aliphatic carbocycles. The molecule has 3 nitrogen and oxygen atoms in total. The standard InChI is InChI=1S/C10H12BNO2S/c13-6-9(12-8-11-14)7-15-10-4-2-1-3-5-10/h1-5,8-9,13H,6-7H2/t9-/m1/s1. The summed E-state index contributed by atoms with van der Waals surface area (Å²) in [4.78, 5) is 5.05. The molecule has 15 heavy (non-hydrogen) atoms. The van der Waals surface area contributed by atoms with Gasteiger partial charge in [0.05, 0.1) is 0 Å². The van der Waals surface area contributed by atoms with Crippen molar-refractivity contribution in [1.82, 2.24) is 0 Å². The summed E-state index contributed by atoms with van der Waals surface area (Å²) in [5.74, 6) is 0.671. The molecule has 0 radical (unpaired) electrons. The molecule has 0 spiro atoms. The van der Waals surface area contributed by atoms with Crippen molar-refractivity contribution in [1.29, 1.82) is 0 Å². The summed E-state index contributed by atoms with van der Waals surface area (Å²) in [7, 11) is 0.621. The van der Waals surface area contributed by atoms with E-state index in [1.54, 1.807) is 11.8 Å². The molecule has 1 N–H and O–H groups in total. The maximum absolute atomic E-state index is 10.1. The molecule has 0 saturated heterocycles. The van der Waals surface area contributed by atoms with Crippen LogP contribution in [0.15, 0.2) is 40.2 Å². The fourth-order valence-corrected chi connectivity index (χ4v) is 1.93. The molecule has 0 amide bonds. The molecule has 0 aromatic heterocycles. The van der Waals surface area contributed by atoms with Gasteiger partial charge in [-0.1, -0.05) is 0 Å². The van der Waals surface area contributed by atoms with Crippen LogP contribution >= 0.6 is 11.8 Å². The summed E-state index contributed by atoms with van der Waals surface area (Å²) in [6.45, 7) is -0.0375. The van der Waals surface area contributed by atoms with Crippen molar-refractivity contribution in [2.24, 2.45) is 4.99 Å². The average Bonchev–Trinajstić information content (AvgIpc) is 2.31. The molecular formula is C10H12BNO2S. The maximum atomic E-state index is 10.1. The second-order valence-electron chi connectivity index (χ2n) is 2.89. The third-order valence-electron chi connectivity index (χ3n) is 1.75. The molecule has 0 aliphatic heterocycles. The van der Waals surface area contributed by atoms with Crippen molar-refractivity contribution in [3.63, 3.8) is 0 Å². The molecule has 0 aliphatic rings. The molecule has 1 atom stereocenters. The molecule has 0 heterocycles. The van der Waals surface area contributed by atoms with Gasteiger partial charge >= 0.3 is 93.5 Å². The first-order chi connectivity index (χ1) is 7.36. The Morgan fingerprint density at radius 3 is 2.80 bits per heavy atom. The Hall–Kier alpha value is -0.935. The summed E-state index contributed by atoms with van der Waals surface area (Å²) in [5, 5.41) is 8.99. The number of aliphatic imine (C=N–C) groups is 1. The number of aliphatic hydroxyl groups excluding tert-OH is 1. The van der Waals surface area contributed by atoms with Crippen LogP contribution in [0.5, 0.6) is 0 Å². The number of benzene rings is 1. The van der Waals surface area contributed by atoms with Gasteiger partial charge in [0.2, 0.25) is 0 Å². The number of hydrogen-bond donors (Lipinski definition) is 1. The summed E-state index contributed by atoms with van der Waals surface area (Å²) in [5.41, 5.74) is 0. The van der Waals surface area contributed by atoms with Crippen molar-refractivity contribution in [3.05, 3.63) is 30.3 Å². The summed E-state index contributed by atoms with van der Waals surface area (Å²) < 4.78 is 10.1. The topological polar surface area (TPSA) is 49.7 Å². The third kappa shape index (κ3) is 4.90. The molecular weight excluding hydrogens is 209 g/mol. The number of thioether (sulfide) groups is 1. The van der Waals surface area contributed by atoms with Crippen molar-refractivity contribution in [3.8, 4) is 0 Å². The van der Waals surface area contributed by atoms with E-state index < -0.39 is 0 Å². The van der Waals surface area contributed by atoms with E-state index in [1.807, 2.05) is 30.3 Å². The van der Waals surface area contributed by atoms with E-state index in [1.165, 1.54) is 6.11 Å². The van der Waals surface area contributed by atoms with Crippen molar-refractivity contribution >= 4 is 25.0 Å². The van der Waals surface area contributed by atoms with Crippen LogP contribution in [-0.2, 0) is 4.70 Å². The van der Waals surface area contributed by atoms with Crippen LogP contribution in [0.3, 0.4) is 0 Å². The van der Waals surface area contributed by atoms with E-state index in [2.05, 4.69) is 4.99 Å². The van der Waals surface area contributed by atoms with Gasteiger partial charge in [-0.3, -0.25) is 0 Å². The van der Waals surface area contributed by atoms with Gasteiger partial charge in [0, 0.05) is 0 Å². The third-order valence-corrected chi connectivity index (χ3v) is 2.91. The average molecular weight is 221 g/mol. The molecule has 0 fully saturated rings. The van der Waals surface area contributed by atoms with Gasteiger partial charge in [0.25, 0.3) is 0 Å². The minimum absolute atomic E-state index is 0.0375. The van der Waals surface area contributed by atoms with Crippen LogP contribution in [0.1, 0.15) is 0 Å². The normalized spacial score (nSPS) is 12.6. The van der Waals surface area contributed by atoms with Gasteiger partial charge in [-0.2, -0.15) is 0 Å². The van der Waals surface area contributed by atoms with E-state index in [9.17, 15) is 4.70 Å². The van der Waals surface area contributed by atoms with Crippen LogP contribution in [-0.4, -0.2) is 36.8 Å². The van der Waals surface area contributed by atoms with Crippen molar-refractivity contribution in [2.45, 2.75) is 10.9 Å². The molecule has 1 rings (SSSR count). The van der Waals surface area contributed by atoms with E-state index in [0.29, 0.717) is 12.9 Å². The van der Waals surface area contributed by atoms with Crippen molar-refractivity contribution < 1.29 is 9.81 Å².